The zero-order chi connectivity index (χ0) is 26.0. The van der Waals surface area contributed by atoms with E-state index >= 15 is 0 Å². The molecule has 1 unspecified atom stereocenters. The van der Waals surface area contributed by atoms with E-state index in [1.807, 2.05) is 0 Å². The second-order valence-electron chi connectivity index (χ2n) is 7.67. The molecule has 9 nitrogen and oxygen atoms in total. The minimum Gasteiger partial charge on any atom is -0.493 e. The van der Waals surface area contributed by atoms with Crippen LogP contribution in [0, 0.1) is 0 Å². The van der Waals surface area contributed by atoms with Gasteiger partial charge in [-0.1, -0.05) is 6.07 Å². The molecule has 0 aliphatic heterocycles. The molecule has 0 saturated heterocycles. The number of hydrogen-bond donors (Lipinski definition) is 1. The predicted molar refractivity (Wildman–Crippen MR) is 121 cm³/mol. The molecule has 3 rings (SSSR count). The van der Waals surface area contributed by atoms with E-state index in [1.54, 1.807) is 25.1 Å². The van der Waals surface area contributed by atoms with Crippen molar-refractivity contribution in [2.45, 2.75) is 19.1 Å². The number of fused-ring (bicyclic) bond motifs is 1. The van der Waals surface area contributed by atoms with Crippen LogP contribution in [0.1, 0.15) is 28.9 Å². The number of imidazole rings is 1. The van der Waals surface area contributed by atoms with Crippen molar-refractivity contribution < 1.29 is 40.6 Å². The van der Waals surface area contributed by atoms with Gasteiger partial charge in [0.2, 0.25) is 0 Å². The van der Waals surface area contributed by atoms with E-state index in [9.17, 15) is 31.2 Å². The monoisotopic (exact) mass is 516 g/mol. The van der Waals surface area contributed by atoms with Crippen molar-refractivity contribution in [3.8, 4) is 11.5 Å². The summed E-state index contributed by atoms with van der Waals surface area (Å²) in [5.41, 5.74) is -0.161. The molecule has 1 N–H and O–H groups in total. The average Bonchev–Trinajstić information content (AvgIpc) is 3.09. The van der Waals surface area contributed by atoms with E-state index in [0.29, 0.717) is 23.7 Å². The first-order valence-corrected chi connectivity index (χ1v) is 12.4. The average molecular weight is 516 g/mol. The quantitative estimate of drug-likeness (QED) is 0.435. The van der Waals surface area contributed by atoms with Crippen molar-refractivity contribution in [2.24, 2.45) is 0 Å². The Labute approximate surface area is 198 Å². The van der Waals surface area contributed by atoms with Gasteiger partial charge in [-0.2, -0.15) is 13.2 Å². The number of aromatic amines is 1. The fourth-order valence-corrected chi connectivity index (χ4v) is 4.48. The van der Waals surface area contributed by atoms with Crippen LogP contribution < -0.4 is 15.2 Å². The molecule has 0 saturated carbocycles. The second-order valence-corrected chi connectivity index (χ2v) is 9.86. The van der Waals surface area contributed by atoms with E-state index in [4.69, 9.17) is 9.47 Å². The lowest BCUT2D eigenvalue weighted by atomic mass is 10.1. The van der Waals surface area contributed by atoms with Crippen LogP contribution in [0.4, 0.5) is 13.2 Å². The number of methoxy groups -OCH3 is 1. The highest BCUT2D eigenvalue weighted by molar-refractivity contribution is 7.90. The molecule has 0 radical (unpaired) electrons. The maximum Gasteiger partial charge on any atom is 0.422 e. The van der Waals surface area contributed by atoms with E-state index in [1.165, 1.54) is 25.3 Å². The number of ether oxygens (including phenoxy) is 3. The molecule has 0 spiro atoms. The summed E-state index contributed by atoms with van der Waals surface area (Å²) in [7, 11) is -2.20. The number of rotatable bonds is 9. The number of nitrogens with one attached hydrogen (secondary N) is 1. The van der Waals surface area contributed by atoms with Gasteiger partial charge >= 0.3 is 17.8 Å². The van der Waals surface area contributed by atoms with E-state index < -0.39 is 46.1 Å². The Hall–Kier alpha value is -3.48. The molecule has 1 atom stereocenters. The van der Waals surface area contributed by atoms with Crippen LogP contribution in [0.15, 0.2) is 41.2 Å². The Morgan fingerprint density at radius 2 is 1.86 bits per heavy atom. The maximum absolute atomic E-state index is 12.9. The molecular formula is C22H23F3N2O7S. The molecule has 0 aliphatic rings. The van der Waals surface area contributed by atoms with E-state index in [0.717, 1.165) is 10.8 Å². The molecule has 0 amide bonds. The summed E-state index contributed by atoms with van der Waals surface area (Å²) in [4.78, 5) is 27.6. The highest BCUT2D eigenvalue weighted by atomic mass is 32.2. The fraction of sp³-hybridized carbons (Fsp3) is 0.364. The number of sulfone groups is 1. The van der Waals surface area contributed by atoms with Gasteiger partial charge in [0.05, 0.1) is 42.1 Å². The summed E-state index contributed by atoms with van der Waals surface area (Å²) < 4.78 is 78.1. The van der Waals surface area contributed by atoms with Crippen molar-refractivity contribution in [1.82, 2.24) is 9.55 Å². The van der Waals surface area contributed by atoms with Crippen molar-refractivity contribution in [1.29, 1.82) is 0 Å². The fourth-order valence-electron chi connectivity index (χ4n) is 3.56. The Bertz CT molecular complexity index is 1390. The van der Waals surface area contributed by atoms with Crippen LogP contribution in [0.3, 0.4) is 0 Å². The topological polar surface area (TPSA) is 117 Å². The first-order chi connectivity index (χ1) is 16.3. The molecule has 3 aromatic rings. The molecule has 35 heavy (non-hydrogen) atoms. The lowest BCUT2D eigenvalue weighted by molar-refractivity contribution is -0.161. The minimum atomic E-state index is -4.71. The van der Waals surface area contributed by atoms with Gasteiger partial charge in [-0.25, -0.2) is 18.0 Å². The lowest BCUT2D eigenvalue weighted by Crippen LogP contribution is -2.28. The van der Waals surface area contributed by atoms with Gasteiger partial charge in [-0.3, -0.25) is 4.57 Å². The number of benzene rings is 2. The van der Waals surface area contributed by atoms with Gasteiger partial charge in [-0.15, -0.1) is 0 Å². The number of esters is 1. The van der Waals surface area contributed by atoms with E-state index in [2.05, 4.69) is 9.72 Å². The number of hydrogen-bond acceptors (Lipinski definition) is 7. The largest absolute Gasteiger partial charge is 0.493 e. The molecule has 2 aromatic carbocycles. The summed E-state index contributed by atoms with van der Waals surface area (Å²) in [6.45, 7) is 0.281. The SMILES string of the molecule is CCOc1cc(C(CS(C)(=O)=O)n2c(=O)[nH]c3ccc(C(=O)OCC(F)(F)F)cc32)ccc1OC. The van der Waals surface area contributed by atoms with Crippen molar-refractivity contribution in [2.75, 3.05) is 32.3 Å². The molecule has 190 valence electrons. The molecule has 0 fully saturated rings. The smallest absolute Gasteiger partial charge is 0.422 e. The Morgan fingerprint density at radius 3 is 2.46 bits per heavy atom. The number of aromatic nitrogens is 2. The molecule has 0 aliphatic carbocycles. The maximum atomic E-state index is 12.9. The third-order valence-corrected chi connectivity index (χ3v) is 5.89. The zero-order valence-electron chi connectivity index (χ0n) is 19.0. The summed E-state index contributed by atoms with van der Waals surface area (Å²) in [6, 6.07) is 7.33. The number of H-pyrrole nitrogens is 1. The summed E-state index contributed by atoms with van der Waals surface area (Å²) >= 11 is 0. The molecule has 13 heteroatoms. The Balaban J connectivity index is 2.16. The highest BCUT2D eigenvalue weighted by Gasteiger charge is 2.30. The van der Waals surface area contributed by atoms with Crippen LogP contribution in [-0.2, 0) is 14.6 Å². The van der Waals surface area contributed by atoms with Crippen LogP contribution in [0.25, 0.3) is 11.0 Å². The van der Waals surface area contributed by atoms with Crippen molar-refractivity contribution >= 4 is 26.8 Å². The Morgan fingerprint density at radius 1 is 1.14 bits per heavy atom. The van der Waals surface area contributed by atoms with Crippen LogP contribution in [0.5, 0.6) is 11.5 Å². The van der Waals surface area contributed by atoms with Crippen LogP contribution in [-0.4, -0.2) is 62.4 Å². The summed E-state index contributed by atoms with van der Waals surface area (Å²) in [5.74, 6) is -1.00. The standard InChI is InChI=1S/C22H23F3N2O7S/c1-4-33-19-10-13(6-8-18(19)32-2)17(11-35(3,30)31)27-16-9-14(5-7-15(16)26-21(27)29)20(28)34-12-22(23,24)25/h5-10,17H,4,11-12H2,1-3H3,(H,26,29). The first-order valence-electron chi connectivity index (χ1n) is 10.3. The van der Waals surface area contributed by atoms with Gasteiger partial charge in [-0.05, 0) is 42.8 Å². The van der Waals surface area contributed by atoms with Gasteiger partial charge in [0.25, 0.3) is 0 Å². The first kappa shape index (κ1) is 26.1. The van der Waals surface area contributed by atoms with Gasteiger partial charge in [0.1, 0.15) is 9.84 Å². The van der Waals surface area contributed by atoms with Gasteiger partial charge < -0.3 is 19.2 Å². The lowest BCUT2D eigenvalue weighted by Gasteiger charge is -2.20. The van der Waals surface area contributed by atoms with Crippen LogP contribution >= 0.6 is 0 Å². The van der Waals surface area contributed by atoms with Crippen molar-refractivity contribution in [3.05, 3.63) is 58.0 Å². The van der Waals surface area contributed by atoms with Gasteiger partial charge in [0.15, 0.2) is 18.1 Å². The molecule has 1 aromatic heterocycles. The number of carbonyl (C=O) groups excluding carboxylic acids is 1. The summed E-state index contributed by atoms with van der Waals surface area (Å²) in [5, 5.41) is 0. The number of halogens is 3. The molecule has 0 bridgehead atoms. The molecule has 1 heterocycles. The van der Waals surface area contributed by atoms with Crippen molar-refractivity contribution in [3.63, 3.8) is 0 Å². The zero-order valence-corrected chi connectivity index (χ0v) is 19.8. The van der Waals surface area contributed by atoms with Crippen LogP contribution in [0.2, 0.25) is 0 Å². The number of carbonyl (C=O) groups is 1. The van der Waals surface area contributed by atoms with E-state index in [-0.39, 0.29) is 16.6 Å². The second kappa shape index (κ2) is 10.0. The minimum absolute atomic E-state index is 0.110. The Kier molecular flexibility index (Phi) is 7.48. The normalized spacial score (nSPS) is 13.0. The number of alkyl halides is 3. The highest BCUT2D eigenvalue weighted by Crippen LogP contribution is 2.33. The summed E-state index contributed by atoms with van der Waals surface area (Å²) in [6.07, 6.45) is -3.70. The molecular weight excluding hydrogens is 493 g/mol. The predicted octanol–water partition coefficient (Wildman–Crippen LogP) is 3.09. The van der Waals surface area contributed by atoms with Gasteiger partial charge in [0, 0.05) is 6.26 Å². The third-order valence-electron chi connectivity index (χ3n) is 4.96. The number of nitrogens with zero attached hydrogens (tertiary/aromatic N) is 1. The third kappa shape index (κ3) is 6.35.